The number of fused-ring (bicyclic) bond motifs is 3. The van der Waals surface area contributed by atoms with Gasteiger partial charge in [0.25, 0.3) is 0 Å². The maximum absolute atomic E-state index is 11.8. The van der Waals surface area contributed by atoms with Gasteiger partial charge in [-0.05, 0) is 48.4 Å². The second-order valence-corrected chi connectivity index (χ2v) is 7.85. The van der Waals surface area contributed by atoms with Crippen molar-refractivity contribution in [3.63, 3.8) is 0 Å². The van der Waals surface area contributed by atoms with Crippen LogP contribution in [0.4, 0.5) is 5.69 Å². The number of sulfonamides is 1. The van der Waals surface area contributed by atoms with Gasteiger partial charge in [-0.2, -0.15) is 0 Å². The van der Waals surface area contributed by atoms with Gasteiger partial charge in [0.1, 0.15) is 5.65 Å². The standard InChI is InChI=1S/C19H17N3O2S/c1-2-25(23,24)22-14-7-3-6-13(12-14)15-8-4-10-17-18(15)16-9-5-11-20-19(16)21-17/h3-12,22H,2H2,1H3,(H,20,21). The van der Waals surface area contributed by atoms with Crippen LogP contribution >= 0.6 is 0 Å². The second-order valence-electron chi connectivity index (χ2n) is 5.84. The fraction of sp³-hybridized carbons (Fsp3) is 0.105. The summed E-state index contributed by atoms with van der Waals surface area (Å²) in [7, 11) is -3.30. The molecular weight excluding hydrogens is 334 g/mol. The first-order valence-corrected chi connectivity index (χ1v) is 9.69. The third-order valence-electron chi connectivity index (χ3n) is 4.22. The third kappa shape index (κ3) is 2.85. The molecule has 0 aliphatic heterocycles. The van der Waals surface area contributed by atoms with Crippen molar-refractivity contribution in [1.29, 1.82) is 0 Å². The number of rotatable bonds is 4. The molecule has 5 nitrogen and oxygen atoms in total. The Labute approximate surface area is 145 Å². The van der Waals surface area contributed by atoms with Crippen molar-refractivity contribution in [3.8, 4) is 11.1 Å². The Morgan fingerprint density at radius 2 is 1.92 bits per heavy atom. The first kappa shape index (κ1) is 15.7. The molecular formula is C19H17N3O2S. The molecule has 2 heterocycles. The smallest absolute Gasteiger partial charge is 0.232 e. The largest absolute Gasteiger partial charge is 0.339 e. The average Bonchev–Trinajstić information content (AvgIpc) is 3.00. The number of aromatic nitrogens is 2. The monoisotopic (exact) mass is 351 g/mol. The lowest BCUT2D eigenvalue weighted by atomic mass is 9.99. The number of hydrogen-bond donors (Lipinski definition) is 2. The molecule has 126 valence electrons. The topological polar surface area (TPSA) is 74.8 Å². The minimum absolute atomic E-state index is 0.0426. The summed E-state index contributed by atoms with van der Waals surface area (Å²) in [5, 5.41) is 2.13. The summed E-state index contributed by atoms with van der Waals surface area (Å²) in [5.74, 6) is 0.0426. The quantitative estimate of drug-likeness (QED) is 0.580. The predicted molar refractivity (Wildman–Crippen MR) is 102 cm³/mol. The van der Waals surface area contributed by atoms with Gasteiger partial charge in [0.15, 0.2) is 0 Å². The summed E-state index contributed by atoms with van der Waals surface area (Å²) >= 11 is 0. The normalized spacial score (nSPS) is 11.9. The molecule has 0 fully saturated rings. The summed E-state index contributed by atoms with van der Waals surface area (Å²) in [6.07, 6.45) is 1.76. The van der Waals surface area contributed by atoms with Crippen molar-refractivity contribution < 1.29 is 8.42 Å². The molecule has 6 heteroatoms. The zero-order valence-corrected chi connectivity index (χ0v) is 14.5. The lowest BCUT2D eigenvalue weighted by Crippen LogP contribution is -2.14. The summed E-state index contributed by atoms with van der Waals surface area (Å²) < 4.78 is 26.3. The number of hydrogen-bond acceptors (Lipinski definition) is 3. The Balaban J connectivity index is 1.90. The van der Waals surface area contributed by atoms with E-state index in [9.17, 15) is 8.42 Å². The minimum atomic E-state index is -3.30. The van der Waals surface area contributed by atoms with Crippen LogP contribution in [0.3, 0.4) is 0 Å². The zero-order valence-electron chi connectivity index (χ0n) is 13.7. The number of aromatic amines is 1. The number of pyridine rings is 1. The van der Waals surface area contributed by atoms with Crippen molar-refractivity contribution >= 4 is 37.6 Å². The van der Waals surface area contributed by atoms with E-state index in [-0.39, 0.29) is 5.75 Å². The van der Waals surface area contributed by atoms with Crippen LogP contribution in [0.2, 0.25) is 0 Å². The minimum Gasteiger partial charge on any atom is -0.339 e. The van der Waals surface area contributed by atoms with Gasteiger partial charge in [-0.3, -0.25) is 4.72 Å². The van der Waals surface area contributed by atoms with Crippen molar-refractivity contribution in [2.75, 3.05) is 10.5 Å². The lowest BCUT2D eigenvalue weighted by molar-refractivity contribution is 0.602. The first-order valence-electron chi connectivity index (χ1n) is 8.04. The van der Waals surface area contributed by atoms with Crippen LogP contribution in [0.5, 0.6) is 0 Å². The van der Waals surface area contributed by atoms with Crippen molar-refractivity contribution in [3.05, 3.63) is 60.8 Å². The van der Waals surface area contributed by atoms with E-state index in [1.807, 2.05) is 48.5 Å². The Kier molecular flexibility index (Phi) is 3.69. The molecule has 0 spiro atoms. The molecule has 0 saturated heterocycles. The Hall–Kier alpha value is -2.86. The van der Waals surface area contributed by atoms with Gasteiger partial charge in [-0.25, -0.2) is 13.4 Å². The van der Waals surface area contributed by atoms with Gasteiger partial charge in [-0.1, -0.05) is 24.3 Å². The first-order chi connectivity index (χ1) is 12.1. The Bertz CT molecular complexity index is 1180. The molecule has 0 aliphatic carbocycles. The van der Waals surface area contributed by atoms with E-state index in [4.69, 9.17) is 0 Å². The van der Waals surface area contributed by atoms with Gasteiger partial charge in [-0.15, -0.1) is 0 Å². The molecule has 2 aromatic carbocycles. The van der Waals surface area contributed by atoms with Gasteiger partial charge < -0.3 is 4.98 Å². The van der Waals surface area contributed by atoms with Crippen molar-refractivity contribution in [1.82, 2.24) is 9.97 Å². The third-order valence-corrected chi connectivity index (χ3v) is 5.53. The SMILES string of the molecule is CCS(=O)(=O)Nc1cccc(-c2cccc3[nH]c4ncccc4c23)c1. The molecule has 0 saturated carbocycles. The number of nitrogens with zero attached hydrogens (tertiary/aromatic N) is 1. The molecule has 0 unspecified atom stereocenters. The number of benzene rings is 2. The average molecular weight is 351 g/mol. The molecule has 2 N–H and O–H groups in total. The molecule has 2 aromatic heterocycles. The summed E-state index contributed by atoms with van der Waals surface area (Å²) in [6.45, 7) is 1.62. The fourth-order valence-corrected chi connectivity index (χ4v) is 3.65. The maximum atomic E-state index is 11.8. The van der Waals surface area contributed by atoms with Crippen LogP contribution in [0.1, 0.15) is 6.92 Å². The van der Waals surface area contributed by atoms with Crippen LogP contribution in [-0.4, -0.2) is 24.1 Å². The number of nitrogens with one attached hydrogen (secondary N) is 2. The molecule has 4 aromatic rings. The molecule has 0 atom stereocenters. The van der Waals surface area contributed by atoms with E-state index >= 15 is 0 Å². The highest BCUT2D eigenvalue weighted by molar-refractivity contribution is 7.92. The highest BCUT2D eigenvalue weighted by Crippen LogP contribution is 2.34. The van der Waals surface area contributed by atoms with Gasteiger partial charge in [0.2, 0.25) is 10.0 Å². The Morgan fingerprint density at radius 3 is 2.76 bits per heavy atom. The van der Waals surface area contributed by atoms with E-state index in [0.717, 1.165) is 33.1 Å². The van der Waals surface area contributed by atoms with Crippen LogP contribution < -0.4 is 4.72 Å². The maximum Gasteiger partial charge on any atom is 0.232 e. The number of anilines is 1. The summed E-state index contributed by atoms with van der Waals surface area (Å²) in [5.41, 5.74) is 4.40. The zero-order chi connectivity index (χ0) is 17.4. The molecule has 0 bridgehead atoms. The molecule has 25 heavy (non-hydrogen) atoms. The Morgan fingerprint density at radius 1 is 1.08 bits per heavy atom. The second kappa shape index (κ2) is 5.89. The van der Waals surface area contributed by atoms with E-state index in [2.05, 4.69) is 14.7 Å². The molecule has 4 rings (SSSR count). The van der Waals surface area contributed by atoms with E-state index in [0.29, 0.717) is 5.69 Å². The number of H-pyrrole nitrogens is 1. The highest BCUT2D eigenvalue weighted by atomic mass is 32.2. The summed E-state index contributed by atoms with van der Waals surface area (Å²) in [6, 6.07) is 17.4. The highest BCUT2D eigenvalue weighted by Gasteiger charge is 2.12. The van der Waals surface area contributed by atoms with Crippen LogP contribution in [0, 0.1) is 0 Å². The molecule has 0 aliphatic rings. The summed E-state index contributed by atoms with van der Waals surface area (Å²) in [4.78, 5) is 7.71. The van der Waals surface area contributed by atoms with Crippen LogP contribution in [0.25, 0.3) is 33.1 Å². The van der Waals surface area contributed by atoms with Crippen LogP contribution in [-0.2, 0) is 10.0 Å². The molecule has 0 radical (unpaired) electrons. The predicted octanol–water partition coefficient (Wildman–Crippen LogP) is 4.14. The van der Waals surface area contributed by atoms with Gasteiger partial charge >= 0.3 is 0 Å². The van der Waals surface area contributed by atoms with Gasteiger partial charge in [0, 0.05) is 28.2 Å². The van der Waals surface area contributed by atoms with Crippen molar-refractivity contribution in [2.45, 2.75) is 6.92 Å². The van der Waals surface area contributed by atoms with E-state index in [1.54, 1.807) is 19.2 Å². The van der Waals surface area contributed by atoms with Crippen molar-refractivity contribution in [2.24, 2.45) is 0 Å². The van der Waals surface area contributed by atoms with E-state index < -0.39 is 10.0 Å². The lowest BCUT2D eigenvalue weighted by Gasteiger charge is -2.09. The molecule has 0 amide bonds. The van der Waals surface area contributed by atoms with Gasteiger partial charge in [0.05, 0.1) is 5.75 Å². The van der Waals surface area contributed by atoms with Crippen LogP contribution in [0.15, 0.2) is 60.8 Å². The fourth-order valence-electron chi connectivity index (χ4n) is 3.02. The van der Waals surface area contributed by atoms with E-state index in [1.165, 1.54) is 0 Å².